The molecule has 2 bridgehead atoms. The van der Waals surface area contributed by atoms with Crippen LogP contribution in [0.3, 0.4) is 0 Å². The normalized spacial score (nSPS) is 23.1. The van der Waals surface area contributed by atoms with Crippen LogP contribution in [0.4, 0.5) is 8.78 Å². The third kappa shape index (κ3) is 20.6. The summed E-state index contributed by atoms with van der Waals surface area (Å²) in [6, 6.07) is 7.70. The van der Waals surface area contributed by atoms with Gasteiger partial charge in [0.2, 0.25) is 70.9 Å². The van der Waals surface area contributed by atoms with E-state index >= 15 is 19.2 Å². The van der Waals surface area contributed by atoms with Gasteiger partial charge in [-0.25, -0.2) is 13.8 Å². The first-order valence-corrected chi connectivity index (χ1v) is 33.7. The number of nitrogens with zero attached hydrogens (tertiary/aromatic N) is 2. The number of aromatic nitrogens is 4. The third-order valence-electron chi connectivity index (χ3n) is 18.1. The molecule has 31 nitrogen and oxygen atoms in total. The number of primary amides is 1. The summed E-state index contributed by atoms with van der Waals surface area (Å²) in [5.74, 6) is -13.7. The standard InChI is InChI=1S/C71H82F2N16O15/c1-37-63(97)79-35-61(94)84-54(24-42-32-76-51-18-14-44(72)26-49(42)51)65(99)85-55(25-43-33-77-52-19-15-45(73)27-50(43)52)66(100)87-57(30-62(95)96)68(102)86-56(28-47-34-75-36-80-47)67(101)88-58(23-40-12-16-48(91)17-13-40)69(103)89-21-5-20-71(89,3)70(104)83-46(29-59(74)92)22-39-8-10-41(11-9-39)31-78-60(93)7-4-6-53(64(98)81-37)82-38(2)90/h8-19,26-27,32-34,36-37,46,53-58,76-77,91H,4-7,20-25,28-31,35H2,1-3H3,(H2,74,92)(H,75,80)(H,78,93)(H,79,97)(H,81,98)(H,82,90)(H,83,104)(H,84,94)(H,85,99)(H,86,102)(H,87,100)(H,88,101)(H,95,96)/t37-,46?,53-,54-,55-,56-,57-,58-,71-/m0/s1. The molecule has 550 valence electrons. The van der Waals surface area contributed by atoms with E-state index in [0.29, 0.717) is 34.1 Å². The van der Waals surface area contributed by atoms with Gasteiger partial charge in [0.1, 0.15) is 65.2 Å². The number of H-pyrrole nitrogens is 3. The molecule has 10 rings (SSSR count). The van der Waals surface area contributed by atoms with E-state index in [1.807, 2.05) is 0 Å². The van der Waals surface area contributed by atoms with Crippen molar-refractivity contribution in [1.82, 2.24) is 78.0 Å². The van der Waals surface area contributed by atoms with Crippen LogP contribution in [0, 0.1) is 11.6 Å². The van der Waals surface area contributed by atoms with Crippen LogP contribution in [0.2, 0.25) is 0 Å². The van der Waals surface area contributed by atoms with E-state index in [1.54, 1.807) is 24.3 Å². The Labute approximate surface area is 593 Å². The second-order valence-corrected chi connectivity index (χ2v) is 26.1. The summed E-state index contributed by atoms with van der Waals surface area (Å²) in [5.41, 5.74) is 7.35. The highest BCUT2D eigenvalue weighted by molar-refractivity contribution is 6.00. The summed E-state index contributed by atoms with van der Waals surface area (Å²) in [4.78, 5) is 196. The number of amides is 12. The second kappa shape index (κ2) is 34.5. The zero-order valence-corrected chi connectivity index (χ0v) is 57.0. The van der Waals surface area contributed by atoms with Gasteiger partial charge in [0.15, 0.2) is 0 Å². The number of phenolic OH excluding ortho intramolecular Hbond substituents is 1. The van der Waals surface area contributed by atoms with Crippen LogP contribution in [0.25, 0.3) is 21.8 Å². The van der Waals surface area contributed by atoms with Crippen LogP contribution >= 0.6 is 0 Å². The average molecular weight is 1440 g/mol. The number of hydrogen-bond donors (Lipinski definition) is 16. The Morgan fingerprint density at radius 2 is 1.20 bits per heavy atom. The number of imidazole rings is 1. The van der Waals surface area contributed by atoms with Crippen molar-refractivity contribution in [2.75, 3.05) is 13.1 Å². The quantitative estimate of drug-likeness (QED) is 0.0697. The highest BCUT2D eigenvalue weighted by Gasteiger charge is 2.48. The lowest BCUT2D eigenvalue weighted by molar-refractivity contribution is -0.147. The summed E-state index contributed by atoms with van der Waals surface area (Å²) in [7, 11) is 0. The highest BCUT2D eigenvalue weighted by Crippen LogP contribution is 2.32. The number of nitrogens with two attached hydrogens (primary N) is 1. The smallest absolute Gasteiger partial charge is 0.305 e. The van der Waals surface area contributed by atoms with E-state index in [9.17, 15) is 62.1 Å². The largest absolute Gasteiger partial charge is 0.508 e. The molecule has 6 heterocycles. The van der Waals surface area contributed by atoms with Gasteiger partial charge in [0, 0.05) is 111 Å². The summed E-state index contributed by atoms with van der Waals surface area (Å²) in [5, 5.41) is 47.0. The molecule has 0 saturated carbocycles. The number of carboxylic acids is 1. The minimum atomic E-state index is -2.07. The number of carbonyl (C=O) groups is 13. The fraction of sp³-hybridized carbons (Fsp3) is 0.380. The first-order valence-electron chi connectivity index (χ1n) is 33.7. The Balaban J connectivity index is 1.06. The Bertz CT molecular complexity index is 4360. The SMILES string of the molecule is CC(=O)N[C@H]1CCCC(=O)NCc2ccc(cc2)CC(CC(N)=O)NC(=O)[C@]2(C)CCCN2C(=O)[C@H](Cc2ccc(O)cc2)NC(=O)[C@H](Cc2cnc[nH]2)NC(=O)[C@H](CC(=O)O)NC(=O)[C@H](Cc2c[nH]c3ccc(F)cc23)NC(=O)[C@H](Cc2c[nH]c3ccc(F)cc23)NC(=O)CNC(=O)[C@H](C)NC1=O. The Kier molecular flexibility index (Phi) is 25.3. The number of fused-ring (bicyclic) bond motifs is 35. The monoisotopic (exact) mass is 1440 g/mol. The van der Waals surface area contributed by atoms with Crippen LogP contribution in [-0.2, 0) is 101 Å². The Morgan fingerprint density at radius 3 is 1.79 bits per heavy atom. The van der Waals surface area contributed by atoms with E-state index in [-0.39, 0.29) is 91.4 Å². The first kappa shape index (κ1) is 76.1. The van der Waals surface area contributed by atoms with E-state index < -0.39 is 175 Å². The molecule has 9 atom stereocenters. The number of phenols is 1. The molecule has 4 aromatic carbocycles. The number of carbonyl (C=O) groups excluding carboxylic acids is 12. The van der Waals surface area contributed by atoms with E-state index in [0.717, 1.165) is 12.1 Å². The topological polar surface area (TPSA) is 472 Å². The van der Waals surface area contributed by atoms with Crippen molar-refractivity contribution in [3.63, 3.8) is 0 Å². The highest BCUT2D eigenvalue weighted by atomic mass is 19.1. The van der Waals surface area contributed by atoms with Crippen LogP contribution < -0.4 is 58.9 Å². The lowest BCUT2D eigenvalue weighted by Crippen LogP contribution is -2.63. The maximum Gasteiger partial charge on any atom is 0.305 e. The van der Waals surface area contributed by atoms with Crippen LogP contribution in [0.15, 0.2) is 110 Å². The van der Waals surface area contributed by atoms with Crippen molar-refractivity contribution in [3.8, 4) is 5.75 Å². The van der Waals surface area contributed by atoms with Crippen molar-refractivity contribution in [3.05, 3.63) is 155 Å². The molecule has 1 fully saturated rings. The predicted molar refractivity (Wildman–Crippen MR) is 369 cm³/mol. The van der Waals surface area contributed by atoms with E-state index in [4.69, 9.17) is 5.73 Å². The fourth-order valence-corrected chi connectivity index (χ4v) is 12.7. The maximum absolute atomic E-state index is 15.3. The van der Waals surface area contributed by atoms with Gasteiger partial charge in [-0.15, -0.1) is 0 Å². The number of nitrogens with one attached hydrogen (secondary N) is 13. The van der Waals surface area contributed by atoms with Gasteiger partial charge in [0.25, 0.3) is 0 Å². The lowest BCUT2D eigenvalue weighted by Gasteiger charge is -2.37. The number of carboxylic acid groups (broad SMARTS) is 1. The average Bonchev–Trinajstić information content (AvgIpc) is 1.57. The Morgan fingerprint density at radius 1 is 0.625 bits per heavy atom. The molecule has 1 unspecified atom stereocenters. The molecule has 12 amide bonds. The fourth-order valence-electron chi connectivity index (χ4n) is 12.7. The summed E-state index contributed by atoms with van der Waals surface area (Å²) >= 11 is 0. The van der Waals surface area contributed by atoms with Crippen molar-refractivity contribution in [2.45, 2.75) is 158 Å². The second-order valence-electron chi connectivity index (χ2n) is 26.1. The predicted octanol–water partition coefficient (Wildman–Crippen LogP) is 0.435. The molecular weight excluding hydrogens is 1350 g/mol. The summed E-state index contributed by atoms with van der Waals surface area (Å²) in [6.45, 7) is 3.22. The number of aliphatic carboxylic acids is 1. The van der Waals surface area contributed by atoms with Crippen molar-refractivity contribution >= 4 is 98.7 Å². The maximum atomic E-state index is 15.3. The number of aromatic hydroxyl groups is 1. The first-order chi connectivity index (χ1) is 49.6. The molecule has 17 N–H and O–H groups in total. The van der Waals surface area contributed by atoms with Crippen molar-refractivity contribution < 1.29 is 81.3 Å². The van der Waals surface area contributed by atoms with Gasteiger partial charge in [-0.3, -0.25) is 62.3 Å². The van der Waals surface area contributed by atoms with Gasteiger partial charge in [-0.1, -0.05) is 36.4 Å². The van der Waals surface area contributed by atoms with Gasteiger partial charge in [-0.2, -0.15) is 0 Å². The zero-order chi connectivity index (χ0) is 74.9. The summed E-state index contributed by atoms with van der Waals surface area (Å²) in [6.07, 6.45) is 2.80. The van der Waals surface area contributed by atoms with Crippen molar-refractivity contribution in [2.24, 2.45) is 5.73 Å². The summed E-state index contributed by atoms with van der Waals surface area (Å²) < 4.78 is 29.8. The molecule has 3 aliphatic rings. The number of aromatic amines is 3. The lowest BCUT2D eigenvalue weighted by atomic mass is 9.94. The van der Waals surface area contributed by atoms with Gasteiger partial charge in [-0.05, 0) is 122 Å². The molecule has 33 heteroatoms. The van der Waals surface area contributed by atoms with E-state index in [1.165, 1.54) is 99.1 Å². The molecule has 3 aromatic heterocycles. The molecular formula is C71H82F2N16O15. The molecule has 1 saturated heterocycles. The van der Waals surface area contributed by atoms with Crippen LogP contribution in [-0.4, -0.2) is 179 Å². The molecule has 7 aromatic rings. The van der Waals surface area contributed by atoms with Crippen LogP contribution in [0.1, 0.15) is 99.2 Å². The molecule has 3 aliphatic heterocycles. The number of halogens is 2. The van der Waals surface area contributed by atoms with Gasteiger partial charge < -0.3 is 89.0 Å². The number of benzene rings is 4. The number of rotatable bonds is 13. The van der Waals surface area contributed by atoms with E-state index in [2.05, 4.69) is 73.1 Å². The third-order valence-corrected chi connectivity index (χ3v) is 18.1. The molecule has 0 aliphatic carbocycles. The minimum Gasteiger partial charge on any atom is -0.508 e. The molecule has 0 radical (unpaired) electrons. The number of hydrogen-bond acceptors (Lipinski definition) is 15. The Hall–Kier alpha value is -12.1. The minimum absolute atomic E-state index is 0.00104. The van der Waals surface area contributed by atoms with Gasteiger partial charge in [0.05, 0.1) is 19.3 Å². The van der Waals surface area contributed by atoms with Crippen molar-refractivity contribution in [1.29, 1.82) is 0 Å². The molecule has 0 spiro atoms. The zero-order valence-electron chi connectivity index (χ0n) is 57.0. The molecule has 104 heavy (non-hydrogen) atoms. The van der Waals surface area contributed by atoms with Crippen LogP contribution in [0.5, 0.6) is 5.75 Å². The van der Waals surface area contributed by atoms with Gasteiger partial charge >= 0.3 is 5.97 Å².